The summed E-state index contributed by atoms with van der Waals surface area (Å²) >= 11 is 5.10. The number of carbonyl (C=O) groups is 3. The van der Waals surface area contributed by atoms with Gasteiger partial charge in [0, 0.05) is 23.7 Å². The lowest BCUT2D eigenvalue weighted by Crippen LogP contribution is -2.36. The Hall–Kier alpha value is -2.48. The molecule has 1 aromatic rings. The Kier molecular flexibility index (Phi) is 8.87. The second-order valence-corrected chi connectivity index (χ2v) is 7.10. The van der Waals surface area contributed by atoms with Gasteiger partial charge in [-0.15, -0.1) is 0 Å². The lowest BCUT2D eigenvalue weighted by Gasteiger charge is -2.22. The molecule has 152 valence electrons. The van der Waals surface area contributed by atoms with E-state index in [9.17, 15) is 14.4 Å². The molecule has 3 N–H and O–H groups in total. The first-order valence-corrected chi connectivity index (χ1v) is 10.1. The van der Waals surface area contributed by atoms with Crippen molar-refractivity contribution in [3.8, 4) is 0 Å². The van der Waals surface area contributed by atoms with Crippen LogP contribution in [0.15, 0.2) is 24.3 Å². The van der Waals surface area contributed by atoms with Crippen molar-refractivity contribution in [3.63, 3.8) is 0 Å². The predicted octanol–water partition coefficient (Wildman–Crippen LogP) is 2.91. The Morgan fingerprint density at radius 1 is 1.07 bits per heavy atom. The number of thiocarbonyl (C=S) groups is 1. The largest absolute Gasteiger partial charge is 0.466 e. The van der Waals surface area contributed by atoms with Crippen LogP contribution in [0.4, 0.5) is 5.69 Å². The van der Waals surface area contributed by atoms with Crippen LogP contribution in [0, 0.1) is 0 Å². The topological polar surface area (TPSA) is 96.5 Å². The van der Waals surface area contributed by atoms with E-state index in [2.05, 4.69) is 16.0 Å². The highest BCUT2D eigenvalue weighted by atomic mass is 32.1. The molecule has 7 nitrogen and oxygen atoms in total. The van der Waals surface area contributed by atoms with Crippen LogP contribution in [0.3, 0.4) is 0 Å². The summed E-state index contributed by atoms with van der Waals surface area (Å²) in [7, 11) is 0. The second kappa shape index (κ2) is 11.4. The highest BCUT2D eigenvalue weighted by Crippen LogP contribution is 2.18. The van der Waals surface area contributed by atoms with Crippen LogP contribution in [0.1, 0.15) is 62.2 Å². The Morgan fingerprint density at radius 2 is 1.75 bits per heavy atom. The van der Waals surface area contributed by atoms with E-state index in [1.807, 2.05) is 0 Å². The van der Waals surface area contributed by atoms with Gasteiger partial charge in [0.25, 0.3) is 5.91 Å². The van der Waals surface area contributed by atoms with Crippen LogP contribution in [0.25, 0.3) is 0 Å². The fraction of sp³-hybridized carbons (Fsp3) is 0.500. The maximum Gasteiger partial charge on any atom is 0.306 e. The molecule has 8 heteroatoms. The van der Waals surface area contributed by atoms with Gasteiger partial charge in [-0.25, -0.2) is 0 Å². The summed E-state index contributed by atoms with van der Waals surface area (Å²) in [5.41, 5.74) is 1.24. The molecule has 2 rings (SSSR count). The number of nitrogens with one attached hydrogen (secondary N) is 3. The molecule has 0 bridgehead atoms. The predicted molar refractivity (Wildman–Crippen MR) is 111 cm³/mol. The molecule has 0 heterocycles. The minimum atomic E-state index is -0.418. The van der Waals surface area contributed by atoms with E-state index in [4.69, 9.17) is 17.0 Å². The highest BCUT2D eigenvalue weighted by molar-refractivity contribution is 7.80. The van der Waals surface area contributed by atoms with Gasteiger partial charge in [0.15, 0.2) is 5.11 Å². The number of amides is 2. The standard InChI is InChI=1S/C20H27N3O4S/c1-2-27-18(25)13-12-17(24)23-20(28)22-16-10-8-14(9-11-16)19(26)21-15-6-4-3-5-7-15/h8-11,15H,2-7,12-13H2,1H3,(H,21,26)(H2,22,23,24,28). The van der Waals surface area contributed by atoms with Gasteiger partial charge in [-0.05, 0) is 56.2 Å². The van der Waals surface area contributed by atoms with E-state index >= 15 is 0 Å². The maximum atomic E-state index is 12.3. The first-order chi connectivity index (χ1) is 13.5. The smallest absolute Gasteiger partial charge is 0.306 e. The van der Waals surface area contributed by atoms with Crippen molar-refractivity contribution in [2.75, 3.05) is 11.9 Å². The Bertz CT molecular complexity index is 700. The average Bonchev–Trinajstić information content (AvgIpc) is 2.68. The molecule has 0 aromatic heterocycles. The van der Waals surface area contributed by atoms with Crippen molar-refractivity contribution in [1.82, 2.24) is 10.6 Å². The molecule has 1 aliphatic rings. The number of carbonyl (C=O) groups excluding carboxylic acids is 3. The number of esters is 1. The minimum absolute atomic E-state index is 0.000922. The molecule has 1 aromatic carbocycles. The van der Waals surface area contributed by atoms with Crippen molar-refractivity contribution < 1.29 is 19.1 Å². The molecule has 0 radical (unpaired) electrons. The summed E-state index contributed by atoms with van der Waals surface area (Å²) in [4.78, 5) is 35.4. The zero-order valence-corrected chi connectivity index (χ0v) is 16.9. The molecule has 1 aliphatic carbocycles. The zero-order valence-electron chi connectivity index (χ0n) is 16.1. The number of anilines is 1. The number of hydrogen-bond acceptors (Lipinski definition) is 5. The number of ether oxygens (including phenoxy) is 1. The van der Waals surface area contributed by atoms with E-state index in [-0.39, 0.29) is 42.4 Å². The fourth-order valence-corrected chi connectivity index (χ4v) is 3.25. The number of hydrogen-bond donors (Lipinski definition) is 3. The van der Waals surface area contributed by atoms with Gasteiger partial charge in [-0.1, -0.05) is 19.3 Å². The van der Waals surface area contributed by atoms with Gasteiger partial charge in [-0.3, -0.25) is 14.4 Å². The van der Waals surface area contributed by atoms with Gasteiger partial charge in [-0.2, -0.15) is 0 Å². The van der Waals surface area contributed by atoms with Crippen molar-refractivity contribution in [2.45, 2.75) is 57.9 Å². The normalized spacial score (nSPS) is 14.0. The monoisotopic (exact) mass is 405 g/mol. The Labute approximate surface area is 170 Å². The molecular weight excluding hydrogens is 378 g/mol. The Balaban J connectivity index is 1.76. The van der Waals surface area contributed by atoms with Crippen molar-refractivity contribution >= 4 is 40.8 Å². The van der Waals surface area contributed by atoms with Crippen LogP contribution in [-0.2, 0) is 14.3 Å². The summed E-state index contributed by atoms with van der Waals surface area (Å²) in [5, 5.41) is 8.60. The third-order valence-electron chi connectivity index (χ3n) is 4.46. The summed E-state index contributed by atoms with van der Waals surface area (Å²) in [6.07, 6.45) is 5.65. The average molecular weight is 406 g/mol. The van der Waals surface area contributed by atoms with Gasteiger partial charge in [0.05, 0.1) is 13.0 Å². The van der Waals surface area contributed by atoms with Crippen LogP contribution in [0.5, 0.6) is 0 Å². The Morgan fingerprint density at radius 3 is 2.39 bits per heavy atom. The van der Waals surface area contributed by atoms with E-state index < -0.39 is 5.97 Å². The van der Waals surface area contributed by atoms with Gasteiger partial charge < -0.3 is 20.7 Å². The lowest BCUT2D eigenvalue weighted by atomic mass is 9.95. The first kappa shape index (κ1) is 21.8. The van der Waals surface area contributed by atoms with Crippen molar-refractivity contribution in [2.24, 2.45) is 0 Å². The van der Waals surface area contributed by atoms with Gasteiger partial charge in [0.1, 0.15) is 0 Å². The summed E-state index contributed by atoms with van der Waals surface area (Å²) in [6, 6.07) is 7.15. The maximum absolute atomic E-state index is 12.3. The third kappa shape index (κ3) is 7.64. The van der Waals surface area contributed by atoms with Crippen LogP contribution in [0.2, 0.25) is 0 Å². The van der Waals surface area contributed by atoms with Crippen LogP contribution < -0.4 is 16.0 Å². The SMILES string of the molecule is CCOC(=O)CCC(=O)NC(=S)Nc1ccc(C(=O)NC2CCCCC2)cc1. The second-order valence-electron chi connectivity index (χ2n) is 6.69. The molecule has 0 atom stereocenters. The van der Waals surface area contributed by atoms with Gasteiger partial charge in [0.2, 0.25) is 5.91 Å². The number of benzene rings is 1. The number of rotatable bonds is 7. The van der Waals surface area contributed by atoms with E-state index in [1.165, 1.54) is 6.42 Å². The van der Waals surface area contributed by atoms with Crippen LogP contribution in [-0.4, -0.2) is 35.5 Å². The molecule has 0 aliphatic heterocycles. The molecule has 1 fully saturated rings. The van der Waals surface area contributed by atoms with E-state index in [1.54, 1.807) is 31.2 Å². The minimum Gasteiger partial charge on any atom is -0.466 e. The van der Waals surface area contributed by atoms with Crippen LogP contribution >= 0.6 is 12.2 Å². The quantitative estimate of drug-likeness (QED) is 0.477. The highest BCUT2D eigenvalue weighted by Gasteiger charge is 2.16. The fourth-order valence-electron chi connectivity index (χ4n) is 3.02. The van der Waals surface area contributed by atoms with Crippen molar-refractivity contribution in [3.05, 3.63) is 29.8 Å². The molecule has 1 saturated carbocycles. The lowest BCUT2D eigenvalue weighted by molar-refractivity contribution is -0.144. The first-order valence-electron chi connectivity index (χ1n) is 9.65. The summed E-state index contributed by atoms with van der Waals surface area (Å²) in [6.45, 7) is 2.00. The third-order valence-corrected chi connectivity index (χ3v) is 4.66. The molecule has 0 saturated heterocycles. The summed E-state index contributed by atoms with van der Waals surface area (Å²) in [5.74, 6) is -0.860. The zero-order chi connectivity index (χ0) is 20.4. The molecule has 2 amide bonds. The van der Waals surface area contributed by atoms with E-state index in [0.29, 0.717) is 11.3 Å². The molecule has 28 heavy (non-hydrogen) atoms. The molecule has 0 spiro atoms. The van der Waals surface area contributed by atoms with E-state index in [0.717, 1.165) is 25.7 Å². The molecular formula is C20H27N3O4S. The summed E-state index contributed by atoms with van der Waals surface area (Å²) < 4.78 is 4.77. The van der Waals surface area contributed by atoms with Crippen molar-refractivity contribution in [1.29, 1.82) is 0 Å². The molecule has 0 unspecified atom stereocenters. The van der Waals surface area contributed by atoms with Gasteiger partial charge >= 0.3 is 5.97 Å².